The highest BCUT2D eigenvalue weighted by molar-refractivity contribution is 5.79. The van der Waals surface area contributed by atoms with Gasteiger partial charge in [-0.25, -0.2) is 4.79 Å². The van der Waals surface area contributed by atoms with E-state index in [1.54, 1.807) is 0 Å². The summed E-state index contributed by atoms with van der Waals surface area (Å²) in [6, 6.07) is 0. The lowest BCUT2D eigenvalue weighted by atomic mass is 9.66. The molecule has 0 bridgehead atoms. The Morgan fingerprint density at radius 3 is 2.36 bits per heavy atom. The average Bonchev–Trinajstić information content (AvgIpc) is 2.27. The minimum absolute atomic E-state index is 0.0325. The van der Waals surface area contributed by atoms with Crippen molar-refractivity contribution in [1.82, 2.24) is 0 Å². The first kappa shape index (κ1) is 11.3. The molecule has 80 valence electrons. The molecule has 1 N–H and O–H groups in total. The van der Waals surface area contributed by atoms with Crippen LogP contribution in [0.2, 0.25) is 0 Å². The molecule has 0 heterocycles. The first-order chi connectivity index (χ1) is 6.29. The van der Waals surface area contributed by atoms with Crippen molar-refractivity contribution in [3.63, 3.8) is 0 Å². The molecule has 1 fully saturated rings. The fraction of sp³-hybridized carbons (Fsp3) is 0.750. The van der Waals surface area contributed by atoms with Crippen LogP contribution in [0.3, 0.4) is 0 Å². The van der Waals surface area contributed by atoms with Crippen LogP contribution >= 0.6 is 0 Å². The SMILES string of the molecule is C[C@@H]1CC[C@](C)(/C=C/C(=O)O)C1(C)C. The molecule has 0 unspecified atom stereocenters. The first-order valence-electron chi connectivity index (χ1n) is 5.22. The van der Waals surface area contributed by atoms with E-state index in [0.29, 0.717) is 5.92 Å². The molecular weight excluding hydrogens is 176 g/mol. The summed E-state index contributed by atoms with van der Waals surface area (Å²) in [4.78, 5) is 10.5. The van der Waals surface area contributed by atoms with Gasteiger partial charge in [0.05, 0.1) is 0 Å². The van der Waals surface area contributed by atoms with Crippen molar-refractivity contribution in [1.29, 1.82) is 0 Å². The Morgan fingerprint density at radius 1 is 1.43 bits per heavy atom. The van der Waals surface area contributed by atoms with Gasteiger partial charge in [-0.1, -0.05) is 33.8 Å². The van der Waals surface area contributed by atoms with Gasteiger partial charge in [-0.2, -0.15) is 0 Å². The van der Waals surface area contributed by atoms with E-state index in [4.69, 9.17) is 5.11 Å². The predicted molar refractivity (Wildman–Crippen MR) is 57.1 cm³/mol. The molecule has 1 aliphatic carbocycles. The standard InChI is InChI=1S/C12H20O2/c1-9-5-7-12(4,11(9,2)3)8-6-10(13)14/h6,8-9H,5,7H2,1-4H3,(H,13,14)/b8-6+/t9-,12-/m1/s1. The van der Waals surface area contributed by atoms with E-state index in [9.17, 15) is 4.79 Å². The predicted octanol–water partition coefficient (Wildman–Crippen LogP) is 3.09. The summed E-state index contributed by atoms with van der Waals surface area (Å²) in [5.74, 6) is -0.187. The van der Waals surface area contributed by atoms with Gasteiger partial charge in [0.25, 0.3) is 0 Å². The van der Waals surface area contributed by atoms with Crippen LogP contribution in [-0.4, -0.2) is 11.1 Å². The minimum Gasteiger partial charge on any atom is -0.478 e. The van der Waals surface area contributed by atoms with Crippen LogP contribution in [0.1, 0.15) is 40.5 Å². The van der Waals surface area contributed by atoms with Crippen molar-refractivity contribution < 1.29 is 9.90 Å². The maximum Gasteiger partial charge on any atom is 0.327 e. The Balaban J connectivity index is 2.90. The van der Waals surface area contributed by atoms with Gasteiger partial charge in [-0.15, -0.1) is 0 Å². The lowest BCUT2D eigenvalue weighted by Gasteiger charge is -2.38. The zero-order valence-electron chi connectivity index (χ0n) is 9.50. The Hall–Kier alpha value is -0.790. The third-order valence-electron chi connectivity index (χ3n) is 4.39. The molecule has 0 aliphatic heterocycles. The van der Waals surface area contributed by atoms with Crippen molar-refractivity contribution in [2.45, 2.75) is 40.5 Å². The highest BCUT2D eigenvalue weighted by atomic mass is 16.4. The number of carbonyl (C=O) groups is 1. The van der Waals surface area contributed by atoms with Crippen molar-refractivity contribution in [2.24, 2.45) is 16.7 Å². The molecule has 0 spiro atoms. The first-order valence-corrected chi connectivity index (χ1v) is 5.22. The maximum atomic E-state index is 10.5. The number of allylic oxidation sites excluding steroid dienone is 1. The molecule has 1 saturated carbocycles. The van der Waals surface area contributed by atoms with Crippen molar-refractivity contribution in [3.05, 3.63) is 12.2 Å². The maximum absolute atomic E-state index is 10.5. The monoisotopic (exact) mass is 196 g/mol. The van der Waals surface area contributed by atoms with Crippen molar-refractivity contribution in [3.8, 4) is 0 Å². The van der Waals surface area contributed by atoms with Crippen LogP contribution in [-0.2, 0) is 4.79 Å². The molecule has 2 heteroatoms. The van der Waals surface area contributed by atoms with Crippen LogP contribution in [0.25, 0.3) is 0 Å². The smallest absolute Gasteiger partial charge is 0.327 e. The van der Waals surface area contributed by atoms with Gasteiger partial charge in [0, 0.05) is 6.08 Å². The van der Waals surface area contributed by atoms with Crippen molar-refractivity contribution in [2.75, 3.05) is 0 Å². The molecule has 0 saturated heterocycles. The number of carboxylic acid groups (broad SMARTS) is 1. The number of aliphatic carboxylic acids is 1. The van der Waals surface area contributed by atoms with E-state index in [-0.39, 0.29) is 10.8 Å². The topological polar surface area (TPSA) is 37.3 Å². The molecule has 14 heavy (non-hydrogen) atoms. The Labute approximate surface area is 86.0 Å². The molecule has 0 amide bonds. The van der Waals surface area contributed by atoms with Crippen LogP contribution in [0.5, 0.6) is 0 Å². The zero-order chi connectivity index (χ0) is 11.0. The lowest BCUT2D eigenvalue weighted by molar-refractivity contribution is -0.131. The number of rotatable bonds is 2. The summed E-state index contributed by atoms with van der Waals surface area (Å²) < 4.78 is 0. The molecule has 2 nitrogen and oxygen atoms in total. The highest BCUT2D eigenvalue weighted by Crippen LogP contribution is 2.56. The average molecular weight is 196 g/mol. The van der Waals surface area contributed by atoms with Gasteiger partial charge in [-0.3, -0.25) is 0 Å². The largest absolute Gasteiger partial charge is 0.478 e. The normalized spacial score (nSPS) is 36.4. The van der Waals surface area contributed by atoms with Crippen molar-refractivity contribution >= 4 is 5.97 Å². The highest BCUT2D eigenvalue weighted by Gasteiger charge is 2.47. The summed E-state index contributed by atoms with van der Waals surface area (Å²) >= 11 is 0. The molecule has 0 radical (unpaired) electrons. The second kappa shape index (κ2) is 3.41. The van der Waals surface area contributed by atoms with Gasteiger partial charge < -0.3 is 5.11 Å². The quantitative estimate of drug-likeness (QED) is 0.689. The van der Waals surface area contributed by atoms with Crippen LogP contribution in [0.15, 0.2) is 12.2 Å². The number of carboxylic acids is 1. The van der Waals surface area contributed by atoms with E-state index >= 15 is 0 Å². The van der Waals surface area contributed by atoms with Crippen LogP contribution in [0.4, 0.5) is 0 Å². The molecule has 2 atom stereocenters. The summed E-state index contributed by atoms with van der Waals surface area (Å²) in [6.45, 7) is 8.88. The molecule has 1 rings (SSSR count). The molecule has 0 aromatic carbocycles. The van der Waals surface area contributed by atoms with E-state index in [1.165, 1.54) is 12.5 Å². The third-order valence-corrected chi connectivity index (χ3v) is 4.39. The zero-order valence-corrected chi connectivity index (χ0v) is 9.50. The second-order valence-electron chi connectivity index (χ2n) is 5.25. The van der Waals surface area contributed by atoms with Gasteiger partial charge in [0.15, 0.2) is 0 Å². The van der Waals surface area contributed by atoms with Gasteiger partial charge >= 0.3 is 5.97 Å². The lowest BCUT2D eigenvalue weighted by Crippen LogP contribution is -2.31. The second-order valence-corrected chi connectivity index (χ2v) is 5.25. The van der Waals surface area contributed by atoms with E-state index in [1.807, 2.05) is 6.08 Å². The summed E-state index contributed by atoms with van der Waals surface area (Å²) in [6.07, 6.45) is 5.44. The number of hydrogen-bond acceptors (Lipinski definition) is 1. The van der Waals surface area contributed by atoms with Crippen LogP contribution < -0.4 is 0 Å². The summed E-state index contributed by atoms with van der Waals surface area (Å²) in [7, 11) is 0. The Morgan fingerprint density at radius 2 is 2.00 bits per heavy atom. The minimum atomic E-state index is -0.846. The van der Waals surface area contributed by atoms with Gasteiger partial charge in [-0.05, 0) is 29.6 Å². The molecule has 0 aromatic heterocycles. The summed E-state index contributed by atoms with van der Waals surface area (Å²) in [5.41, 5.74) is 0.226. The fourth-order valence-corrected chi connectivity index (χ4v) is 2.32. The third kappa shape index (κ3) is 1.70. The summed E-state index contributed by atoms with van der Waals surface area (Å²) in [5, 5.41) is 8.64. The number of hydrogen-bond donors (Lipinski definition) is 1. The van der Waals surface area contributed by atoms with E-state index in [0.717, 1.165) is 6.42 Å². The van der Waals surface area contributed by atoms with Crippen LogP contribution in [0, 0.1) is 16.7 Å². The Bertz CT molecular complexity index is 265. The van der Waals surface area contributed by atoms with E-state index < -0.39 is 5.97 Å². The van der Waals surface area contributed by atoms with E-state index in [2.05, 4.69) is 27.7 Å². The molecule has 1 aliphatic rings. The Kier molecular flexibility index (Phi) is 2.75. The van der Waals surface area contributed by atoms with Gasteiger partial charge in [0.1, 0.15) is 0 Å². The molecule has 0 aromatic rings. The molecular formula is C12H20O2. The van der Waals surface area contributed by atoms with Gasteiger partial charge in [0.2, 0.25) is 0 Å². The fourth-order valence-electron chi connectivity index (χ4n) is 2.32.